The smallest absolute Gasteiger partial charge is 0.270 e. The summed E-state index contributed by atoms with van der Waals surface area (Å²) >= 11 is 5.95. The van der Waals surface area contributed by atoms with E-state index >= 15 is 0 Å². The molecule has 0 bridgehead atoms. The molecule has 1 N–H and O–H groups in total. The predicted octanol–water partition coefficient (Wildman–Crippen LogP) is 2.13. The number of nitrogens with one attached hydrogen (secondary N) is 1. The van der Waals surface area contributed by atoms with Crippen LogP contribution in [0.25, 0.3) is 10.9 Å². The first-order chi connectivity index (χ1) is 10.0. The highest BCUT2D eigenvalue weighted by atomic mass is 35.5. The van der Waals surface area contributed by atoms with E-state index < -0.39 is 0 Å². The Labute approximate surface area is 127 Å². The quantitative estimate of drug-likeness (QED) is 0.877. The van der Waals surface area contributed by atoms with Crippen molar-refractivity contribution in [2.24, 2.45) is 0 Å². The number of H-pyrrole nitrogens is 1. The van der Waals surface area contributed by atoms with Crippen LogP contribution in [0.1, 0.15) is 16.9 Å². The van der Waals surface area contributed by atoms with Gasteiger partial charge in [0.05, 0.1) is 0 Å². The van der Waals surface area contributed by atoms with E-state index in [-0.39, 0.29) is 18.4 Å². The van der Waals surface area contributed by atoms with Crippen molar-refractivity contribution < 1.29 is 9.59 Å². The van der Waals surface area contributed by atoms with Crippen LogP contribution < -0.4 is 0 Å². The molecule has 0 spiro atoms. The highest BCUT2D eigenvalue weighted by Crippen LogP contribution is 2.21. The van der Waals surface area contributed by atoms with Gasteiger partial charge in [-0.3, -0.25) is 9.59 Å². The van der Waals surface area contributed by atoms with Crippen molar-refractivity contribution in [3.05, 3.63) is 35.0 Å². The van der Waals surface area contributed by atoms with Crippen molar-refractivity contribution in [1.82, 2.24) is 14.8 Å². The van der Waals surface area contributed by atoms with E-state index in [2.05, 4.69) is 4.98 Å². The third kappa shape index (κ3) is 2.74. The third-order valence-corrected chi connectivity index (χ3v) is 4.01. The Balaban J connectivity index is 1.87. The molecule has 6 heteroatoms. The Bertz CT molecular complexity index is 710. The van der Waals surface area contributed by atoms with Gasteiger partial charge in [0.15, 0.2) is 0 Å². The van der Waals surface area contributed by atoms with Gasteiger partial charge in [0.2, 0.25) is 5.91 Å². The number of carbonyl (C=O) groups is 2. The maximum Gasteiger partial charge on any atom is 0.270 e. The molecule has 3 rings (SSSR count). The topological polar surface area (TPSA) is 56.4 Å². The van der Waals surface area contributed by atoms with Gasteiger partial charge < -0.3 is 14.8 Å². The Kier molecular flexibility index (Phi) is 3.59. The van der Waals surface area contributed by atoms with Crippen LogP contribution >= 0.6 is 11.6 Å². The Hall–Kier alpha value is -2.01. The first kappa shape index (κ1) is 13.9. The number of likely N-dealkylation sites (N-methyl/N-ethyl adjacent to an activating group) is 1. The molecule has 5 nitrogen and oxygen atoms in total. The summed E-state index contributed by atoms with van der Waals surface area (Å²) in [4.78, 5) is 30.8. The van der Waals surface area contributed by atoms with Gasteiger partial charge >= 0.3 is 0 Å². The number of amides is 2. The number of hydrogen-bond donors (Lipinski definition) is 1. The molecule has 0 atom stereocenters. The monoisotopic (exact) mass is 305 g/mol. The standard InChI is InChI=1S/C15H16ClN3O2/c1-18-5-2-6-19(9-14(18)20)15(21)13-8-10-7-11(16)3-4-12(10)17-13/h3-4,7-8,17H,2,5-6,9H2,1H3. The number of fused-ring (bicyclic) bond motifs is 1. The highest BCUT2D eigenvalue weighted by Gasteiger charge is 2.24. The van der Waals surface area contributed by atoms with Gasteiger partial charge in [-0.2, -0.15) is 0 Å². The summed E-state index contributed by atoms with van der Waals surface area (Å²) in [6.45, 7) is 1.40. The molecule has 21 heavy (non-hydrogen) atoms. The molecule has 0 saturated carbocycles. The zero-order valence-corrected chi connectivity index (χ0v) is 12.5. The summed E-state index contributed by atoms with van der Waals surface area (Å²) in [6, 6.07) is 7.21. The van der Waals surface area contributed by atoms with Gasteiger partial charge in [0.1, 0.15) is 12.2 Å². The number of aromatic amines is 1. The summed E-state index contributed by atoms with van der Waals surface area (Å²) in [6.07, 6.45) is 0.792. The first-order valence-corrected chi connectivity index (χ1v) is 7.24. The van der Waals surface area contributed by atoms with Crippen LogP contribution in [0.4, 0.5) is 0 Å². The van der Waals surface area contributed by atoms with E-state index in [1.807, 2.05) is 12.1 Å². The molecule has 1 aliphatic heterocycles. The predicted molar refractivity (Wildman–Crippen MR) is 81.5 cm³/mol. The molecule has 2 heterocycles. The fourth-order valence-electron chi connectivity index (χ4n) is 2.55. The number of hydrogen-bond acceptors (Lipinski definition) is 2. The number of carbonyl (C=O) groups excluding carboxylic acids is 2. The molecule has 1 aromatic carbocycles. The van der Waals surface area contributed by atoms with E-state index in [9.17, 15) is 9.59 Å². The van der Waals surface area contributed by atoms with Gasteiger partial charge in [-0.05, 0) is 30.7 Å². The summed E-state index contributed by atoms with van der Waals surface area (Å²) in [5.74, 6) is -0.175. The highest BCUT2D eigenvalue weighted by molar-refractivity contribution is 6.31. The molecule has 0 radical (unpaired) electrons. The van der Waals surface area contributed by atoms with Crippen LogP contribution in [0.5, 0.6) is 0 Å². The molecule has 1 saturated heterocycles. The fourth-order valence-corrected chi connectivity index (χ4v) is 2.73. The summed E-state index contributed by atoms with van der Waals surface area (Å²) in [5.41, 5.74) is 1.35. The number of halogens is 1. The number of nitrogens with zero attached hydrogens (tertiary/aromatic N) is 2. The SMILES string of the molecule is CN1CCCN(C(=O)c2cc3cc(Cl)ccc3[nH]2)CC1=O. The van der Waals surface area contributed by atoms with E-state index in [4.69, 9.17) is 11.6 Å². The lowest BCUT2D eigenvalue weighted by Gasteiger charge is -2.18. The summed E-state index contributed by atoms with van der Waals surface area (Å²) in [7, 11) is 1.77. The lowest BCUT2D eigenvalue weighted by Crippen LogP contribution is -2.38. The second-order valence-electron chi connectivity index (χ2n) is 5.31. The molecule has 2 amide bonds. The van der Waals surface area contributed by atoms with Crippen molar-refractivity contribution in [1.29, 1.82) is 0 Å². The van der Waals surface area contributed by atoms with Crippen molar-refractivity contribution in [3.63, 3.8) is 0 Å². The normalized spacial score (nSPS) is 16.4. The largest absolute Gasteiger partial charge is 0.351 e. The van der Waals surface area contributed by atoms with Crippen molar-refractivity contribution >= 4 is 34.3 Å². The van der Waals surface area contributed by atoms with E-state index in [0.717, 1.165) is 17.3 Å². The average Bonchev–Trinajstić information content (AvgIpc) is 2.80. The van der Waals surface area contributed by atoms with Crippen molar-refractivity contribution in [3.8, 4) is 0 Å². The van der Waals surface area contributed by atoms with Crippen LogP contribution in [0, 0.1) is 0 Å². The molecule has 2 aromatic rings. The molecule has 1 aliphatic rings. The van der Waals surface area contributed by atoms with Crippen LogP contribution in [0.3, 0.4) is 0 Å². The van der Waals surface area contributed by atoms with Gasteiger partial charge in [-0.1, -0.05) is 11.6 Å². The summed E-state index contributed by atoms with van der Waals surface area (Å²) in [5, 5.41) is 1.52. The van der Waals surface area contributed by atoms with Gasteiger partial charge in [0, 0.05) is 36.1 Å². The van der Waals surface area contributed by atoms with E-state index in [1.54, 1.807) is 29.0 Å². The Morgan fingerprint density at radius 1 is 1.29 bits per heavy atom. The maximum absolute atomic E-state index is 12.6. The van der Waals surface area contributed by atoms with Gasteiger partial charge in [-0.15, -0.1) is 0 Å². The van der Waals surface area contributed by atoms with Crippen molar-refractivity contribution in [2.75, 3.05) is 26.7 Å². The minimum absolute atomic E-state index is 0.0278. The molecule has 0 unspecified atom stereocenters. The minimum Gasteiger partial charge on any atom is -0.351 e. The molecule has 1 aromatic heterocycles. The lowest BCUT2D eigenvalue weighted by molar-refractivity contribution is -0.129. The lowest BCUT2D eigenvalue weighted by atomic mass is 10.2. The van der Waals surface area contributed by atoms with Crippen LogP contribution in [-0.4, -0.2) is 53.3 Å². The Morgan fingerprint density at radius 2 is 2.10 bits per heavy atom. The second-order valence-corrected chi connectivity index (χ2v) is 5.75. The molecular weight excluding hydrogens is 290 g/mol. The maximum atomic E-state index is 12.6. The van der Waals surface area contributed by atoms with Gasteiger partial charge in [0.25, 0.3) is 5.91 Å². The summed E-state index contributed by atoms with van der Waals surface area (Å²) < 4.78 is 0. The molecule has 0 aliphatic carbocycles. The average molecular weight is 306 g/mol. The van der Waals surface area contributed by atoms with Crippen LogP contribution in [0.15, 0.2) is 24.3 Å². The number of benzene rings is 1. The van der Waals surface area contributed by atoms with E-state index in [1.165, 1.54) is 0 Å². The molecular formula is C15H16ClN3O2. The number of aromatic nitrogens is 1. The zero-order chi connectivity index (χ0) is 15.0. The third-order valence-electron chi connectivity index (χ3n) is 3.77. The van der Waals surface area contributed by atoms with Crippen molar-refractivity contribution in [2.45, 2.75) is 6.42 Å². The second kappa shape index (κ2) is 5.41. The number of rotatable bonds is 1. The van der Waals surface area contributed by atoms with Crippen LogP contribution in [-0.2, 0) is 4.79 Å². The zero-order valence-electron chi connectivity index (χ0n) is 11.7. The molecule has 110 valence electrons. The van der Waals surface area contributed by atoms with E-state index in [0.29, 0.717) is 23.8 Å². The van der Waals surface area contributed by atoms with Crippen LogP contribution in [0.2, 0.25) is 5.02 Å². The molecule has 1 fully saturated rings. The first-order valence-electron chi connectivity index (χ1n) is 6.86. The van der Waals surface area contributed by atoms with Gasteiger partial charge in [-0.25, -0.2) is 0 Å². The minimum atomic E-state index is -0.147. The Morgan fingerprint density at radius 3 is 2.90 bits per heavy atom. The fraction of sp³-hybridized carbons (Fsp3) is 0.333.